The molecule has 6 heteroatoms. The number of hydrogen-bond donors (Lipinski definition) is 1. The fourth-order valence-electron chi connectivity index (χ4n) is 4.16. The number of methoxy groups -OCH3 is 2. The monoisotopic (exact) mass is 392 g/mol. The molecule has 0 radical (unpaired) electrons. The first-order valence-corrected chi connectivity index (χ1v) is 9.58. The van der Waals surface area contributed by atoms with E-state index in [2.05, 4.69) is 4.98 Å². The first-order chi connectivity index (χ1) is 13.9. The van der Waals surface area contributed by atoms with Gasteiger partial charge in [-0.25, -0.2) is 0 Å². The zero-order valence-corrected chi connectivity index (χ0v) is 17.0. The van der Waals surface area contributed by atoms with Gasteiger partial charge < -0.3 is 19.4 Å². The van der Waals surface area contributed by atoms with E-state index in [9.17, 15) is 9.59 Å². The van der Waals surface area contributed by atoms with Crippen molar-refractivity contribution in [3.8, 4) is 11.5 Å². The van der Waals surface area contributed by atoms with Crippen LogP contribution in [0.15, 0.2) is 41.2 Å². The summed E-state index contributed by atoms with van der Waals surface area (Å²) in [5, 5.41) is 0.932. The number of benzene rings is 2. The van der Waals surface area contributed by atoms with E-state index in [0.717, 1.165) is 27.6 Å². The Kier molecular flexibility index (Phi) is 4.78. The fourth-order valence-corrected chi connectivity index (χ4v) is 4.16. The van der Waals surface area contributed by atoms with Gasteiger partial charge in [0.1, 0.15) is 0 Å². The molecule has 0 saturated heterocycles. The molecule has 1 N–H and O–H groups in total. The number of aromatic amines is 1. The number of aromatic nitrogens is 1. The molecule has 29 heavy (non-hydrogen) atoms. The number of ether oxygens (including phenoxy) is 2. The van der Waals surface area contributed by atoms with E-state index in [-0.39, 0.29) is 11.5 Å². The summed E-state index contributed by atoms with van der Waals surface area (Å²) in [6.07, 6.45) is 0.691. The molecule has 1 aliphatic heterocycles. The van der Waals surface area contributed by atoms with Crippen molar-refractivity contribution in [3.05, 3.63) is 69.0 Å². The van der Waals surface area contributed by atoms with Crippen LogP contribution >= 0.6 is 0 Å². The molecule has 0 bridgehead atoms. The van der Waals surface area contributed by atoms with Gasteiger partial charge in [0.15, 0.2) is 11.5 Å². The summed E-state index contributed by atoms with van der Waals surface area (Å²) in [5.74, 6) is 1.15. The summed E-state index contributed by atoms with van der Waals surface area (Å²) < 4.78 is 10.9. The van der Waals surface area contributed by atoms with Crippen LogP contribution in [0.4, 0.5) is 0 Å². The summed E-state index contributed by atoms with van der Waals surface area (Å²) in [6, 6.07) is 11.2. The Morgan fingerprint density at radius 1 is 1.07 bits per heavy atom. The third kappa shape index (κ3) is 3.24. The van der Waals surface area contributed by atoms with E-state index in [1.54, 1.807) is 19.1 Å². The van der Waals surface area contributed by atoms with Crippen molar-refractivity contribution >= 4 is 16.8 Å². The van der Waals surface area contributed by atoms with Crippen LogP contribution in [0.25, 0.3) is 10.9 Å². The normalized spacial score (nSPS) is 15.9. The van der Waals surface area contributed by atoms with Gasteiger partial charge in [-0.3, -0.25) is 9.59 Å². The van der Waals surface area contributed by atoms with Gasteiger partial charge in [-0.2, -0.15) is 0 Å². The molecule has 0 unspecified atom stereocenters. The highest BCUT2D eigenvalue weighted by Crippen LogP contribution is 2.40. The van der Waals surface area contributed by atoms with Crippen LogP contribution in [0.1, 0.15) is 35.2 Å². The number of H-pyrrole nitrogens is 1. The summed E-state index contributed by atoms with van der Waals surface area (Å²) in [6.45, 7) is 4.06. The Morgan fingerprint density at radius 2 is 1.79 bits per heavy atom. The quantitative estimate of drug-likeness (QED) is 0.742. The number of rotatable bonds is 3. The Morgan fingerprint density at radius 3 is 2.48 bits per heavy atom. The lowest BCUT2D eigenvalue weighted by Gasteiger charge is -2.37. The van der Waals surface area contributed by atoms with Gasteiger partial charge in [0.2, 0.25) is 5.91 Å². The lowest BCUT2D eigenvalue weighted by molar-refractivity contribution is -0.130. The van der Waals surface area contributed by atoms with Crippen molar-refractivity contribution in [2.75, 3.05) is 20.8 Å². The zero-order valence-electron chi connectivity index (χ0n) is 17.0. The predicted octanol–water partition coefficient (Wildman–Crippen LogP) is 3.35. The predicted molar refractivity (Wildman–Crippen MR) is 112 cm³/mol. The second kappa shape index (κ2) is 7.28. The lowest BCUT2D eigenvalue weighted by atomic mass is 9.87. The summed E-state index contributed by atoms with van der Waals surface area (Å²) >= 11 is 0. The first kappa shape index (κ1) is 19.1. The highest BCUT2D eigenvalue weighted by atomic mass is 16.5. The third-order valence-corrected chi connectivity index (χ3v) is 5.60. The van der Waals surface area contributed by atoms with Crippen molar-refractivity contribution in [3.63, 3.8) is 0 Å². The van der Waals surface area contributed by atoms with Gasteiger partial charge in [-0.1, -0.05) is 12.1 Å². The minimum atomic E-state index is -0.481. The van der Waals surface area contributed by atoms with Gasteiger partial charge in [0, 0.05) is 24.5 Å². The molecule has 2 aromatic carbocycles. The van der Waals surface area contributed by atoms with E-state index in [4.69, 9.17) is 9.47 Å². The molecule has 1 aliphatic rings. The number of nitrogens with one attached hydrogen (secondary N) is 1. The molecule has 6 nitrogen and oxygen atoms in total. The maximum Gasteiger partial charge on any atom is 0.254 e. The van der Waals surface area contributed by atoms with Gasteiger partial charge in [-0.15, -0.1) is 0 Å². The van der Waals surface area contributed by atoms with Gasteiger partial charge >= 0.3 is 0 Å². The van der Waals surface area contributed by atoms with Crippen LogP contribution in [-0.4, -0.2) is 36.6 Å². The Labute approximate surface area is 169 Å². The molecule has 1 atom stereocenters. The standard InChI is InChI=1S/C23H24N2O4/c1-13-5-6-16-10-18(23(27)24-19(16)9-13)22-17-12-21(29-4)20(28-3)11-15(17)7-8-25(22)14(2)26/h5-6,9-12,22H,7-8H2,1-4H3,(H,24,27)/t22-/m0/s1. The second-order valence-corrected chi connectivity index (χ2v) is 7.42. The number of carbonyl (C=O) groups excluding carboxylic acids is 1. The number of carbonyl (C=O) groups is 1. The molecule has 2 heterocycles. The van der Waals surface area contributed by atoms with E-state index >= 15 is 0 Å². The number of hydrogen-bond acceptors (Lipinski definition) is 4. The molecule has 0 fully saturated rings. The van der Waals surface area contributed by atoms with Crippen LogP contribution in [0.5, 0.6) is 11.5 Å². The van der Waals surface area contributed by atoms with E-state index in [1.165, 1.54) is 6.92 Å². The fraction of sp³-hybridized carbons (Fsp3) is 0.304. The number of nitrogens with zero attached hydrogens (tertiary/aromatic N) is 1. The minimum absolute atomic E-state index is 0.0705. The first-order valence-electron chi connectivity index (χ1n) is 9.58. The topological polar surface area (TPSA) is 71.6 Å². The van der Waals surface area contributed by atoms with Crippen molar-refractivity contribution in [1.29, 1.82) is 0 Å². The molecule has 4 rings (SSSR count). The average Bonchev–Trinajstić information content (AvgIpc) is 2.71. The minimum Gasteiger partial charge on any atom is -0.493 e. The Bertz CT molecular complexity index is 1170. The number of aryl methyl sites for hydroxylation is 1. The largest absolute Gasteiger partial charge is 0.493 e. The summed E-state index contributed by atoms with van der Waals surface area (Å²) in [7, 11) is 3.18. The molecule has 1 aromatic heterocycles. The number of pyridine rings is 1. The van der Waals surface area contributed by atoms with E-state index in [0.29, 0.717) is 30.0 Å². The molecule has 150 valence electrons. The van der Waals surface area contributed by atoms with Crippen LogP contribution in [-0.2, 0) is 11.2 Å². The molecular formula is C23H24N2O4. The maximum absolute atomic E-state index is 13.0. The van der Waals surface area contributed by atoms with Crippen LogP contribution in [0, 0.1) is 6.92 Å². The van der Waals surface area contributed by atoms with Crippen LogP contribution < -0.4 is 15.0 Å². The molecule has 0 spiro atoms. The Balaban J connectivity index is 1.96. The van der Waals surface area contributed by atoms with Gasteiger partial charge in [0.25, 0.3) is 5.56 Å². The second-order valence-electron chi connectivity index (χ2n) is 7.42. The summed E-state index contributed by atoms with van der Waals surface area (Å²) in [5.41, 5.74) is 4.16. The maximum atomic E-state index is 13.0. The number of fused-ring (bicyclic) bond motifs is 2. The van der Waals surface area contributed by atoms with Gasteiger partial charge in [0.05, 0.1) is 20.3 Å². The number of amides is 1. The third-order valence-electron chi connectivity index (χ3n) is 5.60. The van der Waals surface area contributed by atoms with Crippen LogP contribution in [0.2, 0.25) is 0 Å². The van der Waals surface area contributed by atoms with Crippen molar-refractivity contribution in [1.82, 2.24) is 9.88 Å². The zero-order chi connectivity index (χ0) is 20.7. The molecule has 0 aliphatic carbocycles. The van der Waals surface area contributed by atoms with Crippen molar-refractivity contribution in [2.24, 2.45) is 0 Å². The van der Waals surface area contributed by atoms with Gasteiger partial charge in [-0.05, 0) is 59.7 Å². The molecule has 1 amide bonds. The van der Waals surface area contributed by atoms with E-state index in [1.807, 2.05) is 43.3 Å². The highest BCUT2D eigenvalue weighted by molar-refractivity contribution is 5.81. The SMILES string of the molecule is COc1cc2c(cc1OC)[C@@H](c1cc3ccc(C)cc3[nH]c1=O)N(C(C)=O)CC2. The lowest BCUT2D eigenvalue weighted by Crippen LogP contribution is -2.41. The summed E-state index contributed by atoms with van der Waals surface area (Å²) in [4.78, 5) is 30.2. The van der Waals surface area contributed by atoms with Crippen LogP contribution in [0.3, 0.4) is 0 Å². The average molecular weight is 392 g/mol. The Hall–Kier alpha value is -3.28. The highest BCUT2D eigenvalue weighted by Gasteiger charge is 2.33. The van der Waals surface area contributed by atoms with Crippen molar-refractivity contribution < 1.29 is 14.3 Å². The smallest absolute Gasteiger partial charge is 0.254 e. The molecule has 0 saturated carbocycles. The van der Waals surface area contributed by atoms with Crippen molar-refractivity contribution in [2.45, 2.75) is 26.3 Å². The molecular weight excluding hydrogens is 368 g/mol. The van der Waals surface area contributed by atoms with E-state index < -0.39 is 6.04 Å². The molecule has 3 aromatic rings.